The quantitative estimate of drug-likeness (QED) is 0.636. The van der Waals surface area contributed by atoms with Gasteiger partial charge in [0.15, 0.2) is 0 Å². The Labute approximate surface area is 174 Å². The van der Waals surface area contributed by atoms with E-state index in [4.69, 9.17) is 0 Å². The zero-order valence-corrected chi connectivity index (χ0v) is 16.5. The first-order chi connectivity index (χ1) is 14.4. The summed E-state index contributed by atoms with van der Waals surface area (Å²) in [6.07, 6.45) is -15.3. The summed E-state index contributed by atoms with van der Waals surface area (Å²) in [5.74, 6) is -0.341. The average molecular weight is 457 g/mol. The largest absolute Gasteiger partial charge is 0.434 e. The van der Waals surface area contributed by atoms with Crippen molar-refractivity contribution in [3.8, 4) is 0 Å². The molecule has 0 radical (unpaired) electrons. The fourth-order valence-electron chi connectivity index (χ4n) is 3.70. The molecule has 0 aromatic heterocycles. The first-order valence-corrected chi connectivity index (χ1v) is 9.80. The van der Waals surface area contributed by atoms with Crippen LogP contribution in [0.1, 0.15) is 18.4 Å². The van der Waals surface area contributed by atoms with Crippen molar-refractivity contribution >= 4 is 11.8 Å². The van der Waals surface area contributed by atoms with Crippen molar-refractivity contribution in [2.24, 2.45) is 0 Å². The molecule has 3 rings (SSSR count). The third-order valence-electron chi connectivity index (χ3n) is 5.31. The van der Waals surface area contributed by atoms with E-state index < -0.39 is 24.5 Å². The van der Waals surface area contributed by atoms with Gasteiger partial charge in [0.1, 0.15) is 5.82 Å². The Bertz CT molecular complexity index is 757. The number of rotatable bonds is 4. The maximum atomic E-state index is 14.4. The monoisotopic (exact) mass is 457 g/mol. The predicted octanol–water partition coefficient (Wildman–Crippen LogP) is 4.17. The summed E-state index contributed by atoms with van der Waals surface area (Å²) in [5, 5.41) is 0. The summed E-state index contributed by atoms with van der Waals surface area (Å²) >= 11 is 0. The molecule has 1 aromatic rings. The van der Waals surface area contributed by atoms with Crippen LogP contribution in [0, 0.1) is 5.82 Å². The van der Waals surface area contributed by atoms with Crippen LogP contribution in [0.2, 0.25) is 0 Å². The van der Waals surface area contributed by atoms with Gasteiger partial charge in [-0.1, -0.05) is 6.07 Å². The molecule has 0 aliphatic carbocycles. The molecule has 1 aromatic carbocycles. The summed E-state index contributed by atoms with van der Waals surface area (Å²) in [7, 11) is 0. The lowest BCUT2D eigenvalue weighted by atomic mass is 10.1. The highest BCUT2D eigenvalue weighted by atomic mass is 19.4. The molecule has 0 atom stereocenters. The van der Waals surface area contributed by atoms with Gasteiger partial charge in [-0.3, -0.25) is 4.90 Å². The molecule has 12 heteroatoms. The average Bonchev–Trinajstić information content (AvgIpc) is 3.19. The Morgan fingerprint density at radius 2 is 1.52 bits per heavy atom. The maximum Gasteiger partial charge on any atom is 0.434 e. The molecule has 0 spiro atoms. The molecular weight excluding hydrogens is 435 g/mol. The molecule has 2 heterocycles. The third kappa shape index (κ3) is 5.92. The van der Waals surface area contributed by atoms with Gasteiger partial charge in [-0.2, -0.15) is 26.3 Å². The number of halogens is 7. The van der Waals surface area contributed by atoms with Gasteiger partial charge in [0.05, 0.1) is 5.69 Å². The van der Waals surface area contributed by atoms with Crippen LogP contribution < -0.4 is 4.90 Å². The molecule has 0 bridgehead atoms. The van der Waals surface area contributed by atoms with Crippen molar-refractivity contribution in [2.75, 3.05) is 44.2 Å². The van der Waals surface area contributed by atoms with E-state index in [9.17, 15) is 35.5 Å². The van der Waals surface area contributed by atoms with Gasteiger partial charge in [0.25, 0.3) is 6.10 Å². The third-order valence-corrected chi connectivity index (χ3v) is 5.31. The lowest BCUT2D eigenvalue weighted by Gasteiger charge is -2.35. The number of alkyl halides is 6. The molecule has 5 nitrogen and oxygen atoms in total. The van der Waals surface area contributed by atoms with Crippen molar-refractivity contribution < 1.29 is 40.3 Å². The summed E-state index contributed by atoms with van der Waals surface area (Å²) in [5.41, 5.74) is 1.23. The predicted molar refractivity (Wildman–Crippen MR) is 97.1 cm³/mol. The van der Waals surface area contributed by atoms with Crippen LogP contribution >= 0.6 is 0 Å². The normalized spacial score (nSPS) is 18.7. The van der Waals surface area contributed by atoms with E-state index >= 15 is 0 Å². The van der Waals surface area contributed by atoms with Crippen molar-refractivity contribution in [1.82, 2.24) is 9.80 Å². The van der Waals surface area contributed by atoms with Crippen LogP contribution in [0.3, 0.4) is 0 Å². The van der Waals surface area contributed by atoms with Gasteiger partial charge in [-0.25, -0.2) is 9.18 Å². The van der Waals surface area contributed by atoms with Gasteiger partial charge >= 0.3 is 18.4 Å². The molecule has 174 valence electrons. The number of anilines is 1. The number of ether oxygens (including phenoxy) is 1. The van der Waals surface area contributed by atoms with Gasteiger partial charge in [0.2, 0.25) is 0 Å². The molecule has 1 amide bonds. The summed E-state index contributed by atoms with van der Waals surface area (Å²) in [6.45, 7) is 2.15. The van der Waals surface area contributed by atoms with Gasteiger partial charge in [0, 0.05) is 45.8 Å². The minimum atomic E-state index is -5.75. The van der Waals surface area contributed by atoms with Gasteiger partial charge in [-0.05, 0) is 30.5 Å². The molecule has 2 saturated heterocycles. The fourth-order valence-corrected chi connectivity index (χ4v) is 3.70. The maximum absolute atomic E-state index is 14.4. The topological polar surface area (TPSA) is 36.0 Å². The SMILES string of the molecule is O=C(OC(C(F)(F)F)C(F)(F)F)N1CCN(Cc2ccc(N3CCCC3)c(F)c2)CC1. The highest BCUT2D eigenvalue weighted by molar-refractivity contribution is 5.68. The lowest BCUT2D eigenvalue weighted by molar-refractivity contribution is -0.308. The zero-order valence-electron chi connectivity index (χ0n) is 16.5. The van der Waals surface area contributed by atoms with Crippen LogP contribution in [0.5, 0.6) is 0 Å². The Hall–Kier alpha value is -2.24. The molecule has 2 fully saturated rings. The van der Waals surface area contributed by atoms with Crippen LogP contribution in [-0.4, -0.2) is 73.6 Å². The molecule has 2 aliphatic heterocycles. The van der Waals surface area contributed by atoms with Gasteiger partial charge in [-0.15, -0.1) is 0 Å². The van der Waals surface area contributed by atoms with E-state index in [-0.39, 0.29) is 32.0 Å². The summed E-state index contributed by atoms with van der Waals surface area (Å²) in [4.78, 5) is 16.4. The molecule has 2 aliphatic rings. The number of amides is 1. The number of benzene rings is 1. The van der Waals surface area contributed by atoms with Crippen molar-refractivity contribution in [3.05, 3.63) is 29.6 Å². The number of piperazine rings is 1. The highest BCUT2D eigenvalue weighted by Crippen LogP contribution is 2.36. The summed E-state index contributed by atoms with van der Waals surface area (Å²) in [6, 6.07) is 4.91. The Balaban J connectivity index is 1.52. The lowest BCUT2D eigenvalue weighted by Crippen LogP contribution is -2.52. The number of carbonyl (C=O) groups is 1. The number of hydrogen-bond acceptors (Lipinski definition) is 4. The van der Waals surface area contributed by atoms with Crippen molar-refractivity contribution in [3.63, 3.8) is 0 Å². The summed E-state index contributed by atoms with van der Waals surface area (Å²) < 4.78 is 93.4. The second-order valence-corrected chi connectivity index (χ2v) is 7.59. The Morgan fingerprint density at radius 1 is 0.935 bits per heavy atom. The Kier molecular flexibility index (Phi) is 6.87. The van der Waals surface area contributed by atoms with Crippen LogP contribution in [-0.2, 0) is 11.3 Å². The molecule has 0 saturated carbocycles. The smallest absolute Gasteiger partial charge is 0.426 e. The second-order valence-electron chi connectivity index (χ2n) is 7.59. The number of carbonyl (C=O) groups excluding carboxylic acids is 1. The van der Waals surface area contributed by atoms with Crippen molar-refractivity contribution in [1.29, 1.82) is 0 Å². The number of nitrogens with zero attached hydrogens (tertiary/aromatic N) is 3. The van der Waals surface area contributed by atoms with Crippen LogP contribution in [0.25, 0.3) is 0 Å². The first kappa shape index (κ1) is 23.4. The molecule has 0 unspecified atom stereocenters. The first-order valence-electron chi connectivity index (χ1n) is 9.80. The second kappa shape index (κ2) is 9.09. The van der Waals surface area contributed by atoms with E-state index in [2.05, 4.69) is 4.74 Å². The fraction of sp³-hybridized carbons (Fsp3) is 0.632. The molecule has 31 heavy (non-hydrogen) atoms. The van der Waals surface area contributed by atoms with E-state index in [0.29, 0.717) is 17.8 Å². The minimum absolute atomic E-state index is 0.102. The standard InChI is InChI=1S/C19H22F7N3O2/c20-14-11-13(3-4-15(14)28-5-1-2-6-28)12-27-7-9-29(10-8-27)17(30)31-16(18(21,22)23)19(24,25)26/h3-4,11,16H,1-2,5-10,12H2. The van der Waals surface area contributed by atoms with E-state index in [1.807, 2.05) is 9.80 Å². The van der Waals surface area contributed by atoms with E-state index in [0.717, 1.165) is 30.8 Å². The van der Waals surface area contributed by atoms with Crippen molar-refractivity contribution in [2.45, 2.75) is 37.8 Å². The van der Waals surface area contributed by atoms with E-state index in [1.54, 1.807) is 12.1 Å². The van der Waals surface area contributed by atoms with E-state index in [1.165, 1.54) is 6.07 Å². The molecule has 0 N–H and O–H groups in total. The van der Waals surface area contributed by atoms with Crippen LogP contribution in [0.4, 0.5) is 41.2 Å². The zero-order chi connectivity index (χ0) is 22.8. The minimum Gasteiger partial charge on any atom is -0.426 e. The molecular formula is C19H22F7N3O2. The van der Waals surface area contributed by atoms with Gasteiger partial charge < -0.3 is 14.5 Å². The number of hydrogen-bond donors (Lipinski definition) is 0. The highest BCUT2D eigenvalue weighted by Gasteiger charge is 2.60. The Morgan fingerprint density at radius 3 is 2.03 bits per heavy atom. The van der Waals surface area contributed by atoms with Crippen LogP contribution in [0.15, 0.2) is 18.2 Å².